The van der Waals surface area contributed by atoms with E-state index in [-0.39, 0.29) is 18.4 Å². The number of amides is 2. The van der Waals surface area contributed by atoms with Gasteiger partial charge in [-0.2, -0.15) is 0 Å². The smallest absolute Gasteiger partial charge is 0.408 e. The van der Waals surface area contributed by atoms with Gasteiger partial charge in [0.25, 0.3) is 0 Å². The van der Waals surface area contributed by atoms with Gasteiger partial charge in [0.05, 0.1) is 0 Å². The summed E-state index contributed by atoms with van der Waals surface area (Å²) >= 11 is 0. The number of hydrogen-bond donors (Lipinski definition) is 2. The Morgan fingerprint density at radius 1 is 1.28 bits per heavy atom. The number of rotatable bonds is 6. The van der Waals surface area contributed by atoms with Gasteiger partial charge < -0.3 is 20.1 Å². The summed E-state index contributed by atoms with van der Waals surface area (Å²) < 4.78 is 5.16. The van der Waals surface area contributed by atoms with Gasteiger partial charge in [0.15, 0.2) is 0 Å². The molecular formula is C18H24N2O5. The van der Waals surface area contributed by atoms with Gasteiger partial charge in [-0.05, 0) is 24.3 Å². The minimum Gasteiger partial charge on any atom is -0.480 e. The molecule has 7 nitrogen and oxygen atoms in total. The number of aliphatic carboxylic acids is 1. The zero-order valence-corrected chi connectivity index (χ0v) is 14.5. The minimum absolute atomic E-state index is 0.104. The lowest BCUT2D eigenvalue weighted by Crippen LogP contribution is -2.53. The molecule has 0 saturated carbocycles. The third-order valence-corrected chi connectivity index (χ3v) is 4.24. The van der Waals surface area contributed by atoms with Crippen LogP contribution in [0.25, 0.3) is 0 Å². The predicted molar refractivity (Wildman–Crippen MR) is 90.8 cm³/mol. The van der Waals surface area contributed by atoms with Gasteiger partial charge in [-0.3, -0.25) is 4.79 Å². The fourth-order valence-electron chi connectivity index (χ4n) is 2.87. The molecule has 1 heterocycles. The van der Waals surface area contributed by atoms with E-state index >= 15 is 0 Å². The molecule has 7 heteroatoms. The van der Waals surface area contributed by atoms with E-state index in [9.17, 15) is 19.5 Å². The van der Waals surface area contributed by atoms with Crippen LogP contribution in [0.15, 0.2) is 30.3 Å². The van der Waals surface area contributed by atoms with E-state index in [0.29, 0.717) is 19.4 Å². The average molecular weight is 348 g/mol. The van der Waals surface area contributed by atoms with Crippen LogP contribution in [0.1, 0.15) is 32.3 Å². The Kier molecular flexibility index (Phi) is 6.38. The van der Waals surface area contributed by atoms with Crippen LogP contribution < -0.4 is 5.32 Å². The lowest BCUT2D eigenvalue weighted by atomic mass is 10.0. The molecule has 0 radical (unpaired) electrons. The number of carbonyl (C=O) groups excluding carboxylic acids is 2. The predicted octanol–water partition coefficient (Wildman–Crippen LogP) is 2.01. The topological polar surface area (TPSA) is 95.9 Å². The van der Waals surface area contributed by atoms with Crippen molar-refractivity contribution in [3.05, 3.63) is 35.9 Å². The van der Waals surface area contributed by atoms with Crippen molar-refractivity contribution in [1.82, 2.24) is 10.2 Å². The van der Waals surface area contributed by atoms with E-state index in [2.05, 4.69) is 5.32 Å². The number of nitrogens with one attached hydrogen (secondary N) is 1. The lowest BCUT2D eigenvalue weighted by molar-refractivity contribution is -0.149. The summed E-state index contributed by atoms with van der Waals surface area (Å²) in [4.78, 5) is 37.4. The fourth-order valence-corrected chi connectivity index (χ4v) is 2.87. The molecule has 0 aliphatic carbocycles. The quantitative estimate of drug-likeness (QED) is 0.820. The summed E-state index contributed by atoms with van der Waals surface area (Å²) in [7, 11) is 0. The summed E-state index contributed by atoms with van der Waals surface area (Å²) in [5.41, 5.74) is 0.843. The number of nitrogens with zero attached hydrogens (tertiary/aromatic N) is 1. The molecule has 2 amide bonds. The second kappa shape index (κ2) is 8.50. The van der Waals surface area contributed by atoms with Crippen LogP contribution >= 0.6 is 0 Å². The summed E-state index contributed by atoms with van der Waals surface area (Å²) in [6, 6.07) is 7.58. The Labute approximate surface area is 147 Å². The SMILES string of the molecule is CC(C)C(NC(=O)OCc1ccccc1)C(=O)N1CCCC1C(=O)O. The van der Waals surface area contributed by atoms with Gasteiger partial charge in [-0.1, -0.05) is 44.2 Å². The first-order chi connectivity index (χ1) is 11.9. The molecule has 2 atom stereocenters. The van der Waals surface area contributed by atoms with Crippen LogP contribution in [0, 0.1) is 5.92 Å². The number of alkyl carbamates (subject to hydrolysis) is 1. The molecule has 0 spiro atoms. The number of benzene rings is 1. The van der Waals surface area contributed by atoms with Gasteiger partial charge in [0, 0.05) is 6.54 Å². The summed E-state index contributed by atoms with van der Waals surface area (Å²) in [5.74, 6) is -1.58. The fraction of sp³-hybridized carbons (Fsp3) is 0.500. The zero-order valence-electron chi connectivity index (χ0n) is 14.5. The van der Waals surface area contributed by atoms with Crippen LogP contribution in [-0.4, -0.2) is 46.6 Å². The van der Waals surface area contributed by atoms with Crippen molar-refractivity contribution in [2.45, 2.75) is 45.4 Å². The van der Waals surface area contributed by atoms with Crippen LogP contribution in [-0.2, 0) is 20.9 Å². The van der Waals surface area contributed by atoms with Gasteiger partial charge >= 0.3 is 12.1 Å². The van der Waals surface area contributed by atoms with Gasteiger partial charge in [-0.15, -0.1) is 0 Å². The Hall–Kier alpha value is -2.57. The number of hydrogen-bond acceptors (Lipinski definition) is 4. The maximum absolute atomic E-state index is 12.7. The van der Waals surface area contributed by atoms with Gasteiger partial charge in [0.2, 0.25) is 5.91 Å². The second-order valence-electron chi connectivity index (χ2n) is 6.46. The molecule has 1 fully saturated rings. The van der Waals surface area contributed by atoms with Crippen molar-refractivity contribution in [2.75, 3.05) is 6.54 Å². The van der Waals surface area contributed by atoms with Crippen molar-refractivity contribution >= 4 is 18.0 Å². The maximum atomic E-state index is 12.7. The zero-order chi connectivity index (χ0) is 18.4. The Bertz CT molecular complexity index is 617. The van der Waals surface area contributed by atoms with E-state index < -0.39 is 24.1 Å². The molecule has 25 heavy (non-hydrogen) atoms. The molecule has 1 aliphatic heterocycles. The Balaban J connectivity index is 1.96. The second-order valence-corrected chi connectivity index (χ2v) is 6.46. The summed E-state index contributed by atoms with van der Waals surface area (Å²) in [6.45, 7) is 4.09. The van der Waals surface area contributed by atoms with Crippen molar-refractivity contribution in [2.24, 2.45) is 5.92 Å². The van der Waals surface area contributed by atoms with E-state index in [1.54, 1.807) is 13.8 Å². The normalized spacial score (nSPS) is 18.0. The highest BCUT2D eigenvalue weighted by Gasteiger charge is 2.38. The van der Waals surface area contributed by atoms with Crippen LogP contribution in [0.3, 0.4) is 0 Å². The highest BCUT2D eigenvalue weighted by atomic mass is 16.5. The van der Waals surface area contributed by atoms with Crippen LogP contribution in [0.2, 0.25) is 0 Å². The largest absolute Gasteiger partial charge is 0.480 e. The molecule has 2 unspecified atom stereocenters. The van der Waals surface area contributed by atoms with Crippen molar-refractivity contribution in [1.29, 1.82) is 0 Å². The Morgan fingerprint density at radius 3 is 2.56 bits per heavy atom. The number of ether oxygens (including phenoxy) is 1. The summed E-state index contributed by atoms with van der Waals surface area (Å²) in [5, 5.41) is 11.8. The first-order valence-corrected chi connectivity index (χ1v) is 8.40. The molecule has 1 aliphatic rings. The van der Waals surface area contributed by atoms with Gasteiger partial charge in [-0.25, -0.2) is 9.59 Å². The number of likely N-dealkylation sites (tertiary alicyclic amines) is 1. The molecule has 2 N–H and O–H groups in total. The monoisotopic (exact) mass is 348 g/mol. The molecule has 1 aromatic rings. The van der Waals surface area contributed by atoms with E-state index in [1.807, 2.05) is 30.3 Å². The molecule has 2 rings (SSSR count). The molecule has 0 bridgehead atoms. The number of carboxylic acids is 1. The van der Waals surface area contributed by atoms with Crippen LogP contribution in [0.5, 0.6) is 0 Å². The number of carbonyl (C=O) groups is 3. The first kappa shape index (κ1) is 18.8. The van der Waals surface area contributed by atoms with Crippen LogP contribution in [0.4, 0.5) is 4.79 Å². The molecule has 0 aromatic heterocycles. The molecule has 136 valence electrons. The lowest BCUT2D eigenvalue weighted by Gasteiger charge is -2.29. The number of carboxylic acid groups (broad SMARTS) is 1. The van der Waals surface area contributed by atoms with Gasteiger partial charge in [0.1, 0.15) is 18.7 Å². The highest BCUT2D eigenvalue weighted by Crippen LogP contribution is 2.20. The summed E-state index contributed by atoms with van der Waals surface area (Å²) in [6.07, 6.45) is 0.387. The third-order valence-electron chi connectivity index (χ3n) is 4.24. The highest BCUT2D eigenvalue weighted by molar-refractivity contribution is 5.90. The van der Waals surface area contributed by atoms with Crippen molar-refractivity contribution in [3.8, 4) is 0 Å². The van der Waals surface area contributed by atoms with Crippen molar-refractivity contribution in [3.63, 3.8) is 0 Å². The average Bonchev–Trinajstić information content (AvgIpc) is 3.08. The molecule has 1 saturated heterocycles. The molecule has 1 aromatic carbocycles. The first-order valence-electron chi connectivity index (χ1n) is 8.40. The van der Waals surface area contributed by atoms with E-state index in [1.165, 1.54) is 4.90 Å². The third kappa shape index (κ3) is 4.95. The Morgan fingerprint density at radius 2 is 1.96 bits per heavy atom. The standard InChI is InChI=1S/C18H24N2O5/c1-12(2)15(16(21)20-10-6-9-14(20)17(22)23)19-18(24)25-11-13-7-4-3-5-8-13/h3-5,7-8,12,14-15H,6,9-11H2,1-2H3,(H,19,24)(H,22,23). The van der Waals surface area contributed by atoms with Crippen molar-refractivity contribution < 1.29 is 24.2 Å². The van der Waals surface area contributed by atoms with E-state index in [4.69, 9.17) is 4.74 Å². The van der Waals surface area contributed by atoms with E-state index in [0.717, 1.165) is 5.56 Å². The molecular weight excluding hydrogens is 324 g/mol. The maximum Gasteiger partial charge on any atom is 0.408 e. The minimum atomic E-state index is -1.01.